The van der Waals surface area contributed by atoms with Crippen LogP contribution in [0.4, 0.5) is 4.39 Å². The van der Waals surface area contributed by atoms with Gasteiger partial charge in [-0.1, -0.05) is 27.7 Å². The van der Waals surface area contributed by atoms with E-state index in [0.29, 0.717) is 0 Å². The Morgan fingerprint density at radius 1 is 1.56 bits per heavy atom. The summed E-state index contributed by atoms with van der Waals surface area (Å²) in [5, 5.41) is 0. The van der Waals surface area contributed by atoms with E-state index < -0.39 is 0 Å². The largest absolute Gasteiger partial charge is 0.198 e. The fourth-order valence-corrected chi connectivity index (χ4v) is 0.832. The number of halogens is 2. The van der Waals surface area contributed by atoms with Gasteiger partial charge in [-0.25, -0.2) is 0 Å². The highest BCUT2D eigenvalue weighted by Gasteiger charge is 1.89. The second kappa shape index (κ2) is 2.81. The van der Waals surface area contributed by atoms with Crippen molar-refractivity contribution in [3.63, 3.8) is 0 Å². The van der Waals surface area contributed by atoms with Gasteiger partial charge in [0.2, 0.25) is 0 Å². The lowest BCUT2D eigenvalue weighted by molar-refractivity contribution is 0.669. The molecule has 0 radical (unpaired) electrons. The summed E-state index contributed by atoms with van der Waals surface area (Å²) in [4.78, 5) is 0. The Labute approximate surface area is 61.2 Å². The summed E-state index contributed by atoms with van der Waals surface area (Å²) in [5.41, 5.74) is 2.41. The third-order valence-corrected chi connectivity index (χ3v) is 1.33. The first kappa shape index (κ1) is 6.53. The van der Waals surface area contributed by atoms with E-state index in [0.717, 1.165) is 4.48 Å². The number of hydrogen-bond acceptors (Lipinski definition) is 0. The van der Waals surface area contributed by atoms with Crippen LogP contribution >= 0.6 is 15.9 Å². The van der Waals surface area contributed by atoms with Crippen molar-refractivity contribution in [2.75, 3.05) is 0 Å². The minimum atomic E-state index is -0.355. The van der Waals surface area contributed by atoms with Gasteiger partial charge in [-0.15, -0.1) is 0 Å². The van der Waals surface area contributed by atoms with Crippen LogP contribution < -0.4 is 0 Å². The van der Waals surface area contributed by atoms with Crippen LogP contribution in [0.3, 0.4) is 0 Å². The lowest BCUT2D eigenvalue weighted by Crippen LogP contribution is -1.60. The average Bonchev–Trinajstić information content (AvgIpc) is 1.93. The monoisotopic (exact) mass is 186 g/mol. The SMILES string of the molecule is FC1=C=CC=CC(Br)=C1. The molecule has 0 saturated carbocycles. The van der Waals surface area contributed by atoms with Gasteiger partial charge in [0.15, 0.2) is 5.83 Å². The highest BCUT2D eigenvalue weighted by Crippen LogP contribution is 2.12. The molecule has 1 rings (SSSR count). The van der Waals surface area contributed by atoms with Crippen molar-refractivity contribution in [1.82, 2.24) is 0 Å². The summed E-state index contributed by atoms with van der Waals surface area (Å²) in [5.74, 6) is -0.355. The molecule has 0 fully saturated rings. The molecule has 0 bridgehead atoms. The summed E-state index contributed by atoms with van der Waals surface area (Å²) in [6.07, 6.45) is 6.35. The fraction of sp³-hybridized carbons (Fsp3) is 0. The first-order valence-electron chi connectivity index (χ1n) is 2.45. The Kier molecular flexibility index (Phi) is 2.04. The summed E-state index contributed by atoms with van der Waals surface area (Å²) in [7, 11) is 0. The van der Waals surface area contributed by atoms with E-state index in [2.05, 4.69) is 21.7 Å². The van der Waals surface area contributed by atoms with Gasteiger partial charge >= 0.3 is 0 Å². The summed E-state index contributed by atoms with van der Waals surface area (Å²) in [6.45, 7) is 0. The molecule has 0 aromatic carbocycles. The first-order chi connectivity index (χ1) is 4.29. The van der Waals surface area contributed by atoms with Crippen molar-refractivity contribution in [3.8, 4) is 0 Å². The predicted octanol–water partition coefficient (Wildman–Crippen LogP) is 2.84. The topological polar surface area (TPSA) is 0 Å². The van der Waals surface area contributed by atoms with Crippen LogP contribution in [0.25, 0.3) is 0 Å². The first-order valence-corrected chi connectivity index (χ1v) is 3.24. The van der Waals surface area contributed by atoms with E-state index in [4.69, 9.17) is 0 Å². The molecule has 9 heavy (non-hydrogen) atoms. The van der Waals surface area contributed by atoms with Gasteiger partial charge in [-0.05, 0) is 18.2 Å². The Balaban J connectivity index is 3.01. The lowest BCUT2D eigenvalue weighted by atomic mass is 10.4. The molecule has 0 aromatic rings. The van der Waals surface area contributed by atoms with Crippen molar-refractivity contribution in [1.29, 1.82) is 0 Å². The molecule has 0 N–H and O–H groups in total. The quantitative estimate of drug-likeness (QED) is 0.511. The smallest absolute Gasteiger partial charge is 0.166 e. The van der Waals surface area contributed by atoms with Gasteiger partial charge in [-0.2, -0.15) is 4.39 Å². The maximum atomic E-state index is 12.3. The average molecular weight is 187 g/mol. The van der Waals surface area contributed by atoms with E-state index >= 15 is 0 Å². The van der Waals surface area contributed by atoms with Gasteiger partial charge in [0.1, 0.15) is 0 Å². The van der Waals surface area contributed by atoms with Crippen molar-refractivity contribution >= 4 is 15.9 Å². The predicted molar refractivity (Wildman–Crippen MR) is 38.9 cm³/mol. The standard InChI is InChI=1S/C7H4BrF/c8-6-3-1-2-4-7(9)5-6/h1-3,5H. The molecule has 0 atom stereocenters. The fourth-order valence-electron chi connectivity index (χ4n) is 0.479. The molecule has 0 amide bonds. The van der Waals surface area contributed by atoms with E-state index in [9.17, 15) is 4.39 Å². The Bertz CT molecular complexity index is 229. The molecule has 1 aliphatic carbocycles. The second-order valence-corrected chi connectivity index (χ2v) is 2.46. The summed E-state index contributed by atoms with van der Waals surface area (Å²) < 4.78 is 13.0. The molecular formula is C7H4BrF. The number of allylic oxidation sites excluding steroid dienone is 5. The summed E-state index contributed by atoms with van der Waals surface area (Å²) in [6, 6.07) is 0. The maximum absolute atomic E-state index is 12.3. The zero-order valence-electron chi connectivity index (χ0n) is 4.57. The van der Waals surface area contributed by atoms with Crippen molar-refractivity contribution in [2.24, 2.45) is 0 Å². The molecule has 1 aliphatic rings. The van der Waals surface area contributed by atoms with Crippen LogP contribution in [0.1, 0.15) is 0 Å². The molecule has 46 valence electrons. The highest BCUT2D eigenvalue weighted by atomic mass is 79.9. The van der Waals surface area contributed by atoms with Gasteiger partial charge in [-0.3, -0.25) is 0 Å². The second-order valence-electron chi connectivity index (χ2n) is 1.55. The van der Waals surface area contributed by atoms with E-state index in [1.807, 2.05) is 0 Å². The van der Waals surface area contributed by atoms with Crippen LogP contribution in [-0.4, -0.2) is 0 Å². The van der Waals surface area contributed by atoms with Crippen LogP contribution in [0.5, 0.6) is 0 Å². The van der Waals surface area contributed by atoms with Crippen LogP contribution in [0.15, 0.2) is 40.3 Å². The number of hydrogen-bond donors (Lipinski definition) is 0. The molecule has 0 aromatic heterocycles. The lowest BCUT2D eigenvalue weighted by Gasteiger charge is -1.81. The molecule has 0 heterocycles. The minimum Gasteiger partial charge on any atom is -0.198 e. The van der Waals surface area contributed by atoms with Crippen molar-refractivity contribution in [3.05, 3.63) is 40.3 Å². The molecule has 0 aliphatic heterocycles. The third-order valence-electron chi connectivity index (χ3n) is 0.838. The van der Waals surface area contributed by atoms with Crippen LogP contribution in [-0.2, 0) is 0 Å². The molecule has 0 saturated heterocycles. The van der Waals surface area contributed by atoms with Crippen LogP contribution in [0, 0.1) is 0 Å². The maximum Gasteiger partial charge on any atom is 0.166 e. The van der Waals surface area contributed by atoms with E-state index in [1.54, 1.807) is 12.2 Å². The molecule has 0 spiro atoms. The van der Waals surface area contributed by atoms with Gasteiger partial charge in [0, 0.05) is 4.48 Å². The molecule has 0 unspecified atom stereocenters. The Hall–Kier alpha value is -0.590. The molecule has 0 nitrogen and oxygen atoms in total. The van der Waals surface area contributed by atoms with E-state index in [-0.39, 0.29) is 5.83 Å². The van der Waals surface area contributed by atoms with Crippen molar-refractivity contribution < 1.29 is 4.39 Å². The Morgan fingerprint density at radius 3 is 3.11 bits per heavy atom. The van der Waals surface area contributed by atoms with E-state index in [1.165, 1.54) is 12.2 Å². The van der Waals surface area contributed by atoms with Gasteiger partial charge in [0.25, 0.3) is 0 Å². The molecular weight excluding hydrogens is 183 g/mol. The number of rotatable bonds is 0. The molecule has 2 heteroatoms. The zero-order valence-corrected chi connectivity index (χ0v) is 6.15. The normalized spacial score (nSPS) is 16.7. The summed E-state index contributed by atoms with van der Waals surface area (Å²) >= 11 is 3.13. The van der Waals surface area contributed by atoms with Gasteiger partial charge in [0.05, 0.1) is 0 Å². The zero-order chi connectivity index (χ0) is 6.69. The van der Waals surface area contributed by atoms with Gasteiger partial charge < -0.3 is 0 Å². The van der Waals surface area contributed by atoms with Crippen LogP contribution in [0.2, 0.25) is 0 Å². The third kappa shape index (κ3) is 2.00. The van der Waals surface area contributed by atoms with Crippen molar-refractivity contribution in [2.45, 2.75) is 0 Å². The minimum absolute atomic E-state index is 0.355. The highest BCUT2D eigenvalue weighted by molar-refractivity contribution is 9.11. The Morgan fingerprint density at radius 2 is 2.33 bits per heavy atom.